The number of hydrogen-bond donors (Lipinski definition) is 3. The Morgan fingerprint density at radius 2 is 1.61 bits per heavy atom. The molecule has 3 N–H and O–H groups in total. The van der Waals surface area contributed by atoms with E-state index in [-0.39, 0.29) is 46.9 Å². The fourth-order valence-corrected chi connectivity index (χ4v) is 5.95. The molecule has 1 saturated heterocycles. The van der Waals surface area contributed by atoms with E-state index < -0.39 is 11.1 Å². The second-order valence-corrected chi connectivity index (χ2v) is 11.7. The summed E-state index contributed by atoms with van der Waals surface area (Å²) in [5.41, 5.74) is -0.240. The molecule has 0 aromatic heterocycles. The Bertz CT molecular complexity index is 864. The highest BCUT2D eigenvalue weighted by Gasteiger charge is 2.59. The van der Waals surface area contributed by atoms with Crippen molar-refractivity contribution in [3.05, 3.63) is 29.8 Å². The summed E-state index contributed by atoms with van der Waals surface area (Å²) in [4.78, 5) is 25.2. The molecular weight excluding hydrogens is 418 g/mol. The van der Waals surface area contributed by atoms with E-state index in [1.165, 1.54) is 12.0 Å². The smallest absolute Gasteiger partial charge is 0.223 e. The molecule has 0 unspecified atom stereocenters. The largest absolute Gasteiger partial charge is 0.508 e. The van der Waals surface area contributed by atoms with Crippen LogP contribution in [-0.2, 0) is 21.2 Å². The summed E-state index contributed by atoms with van der Waals surface area (Å²) in [6.07, 6.45) is 2.75. The van der Waals surface area contributed by atoms with Crippen molar-refractivity contribution in [1.29, 1.82) is 0 Å². The SMILES string of the molecule is CC(=O)N[C@@H](Cc1ccc(O)cc1)[C@H]1C[C@@]1(C)[C@H](C)C(=O)NC1CC(C)(C)N([O])C(C)(C)C1. The minimum absolute atomic E-state index is 0.0159. The Kier molecular flexibility index (Phi) is 6.89. The predicted octanol–water partition coefficient (Wildman–Crippen LogP) is 3.59. The molecule has 1 radical (unpaired) electrons. The van der Waals surface area contributed by atoms with Crippen molar-refractivity contribution < 1.29 is 19.9 Å². The molecule has 4 atom stereocenters. The van der Waals surface area contributed by atoms with Crippen molar-refractivity contribution in [3.63, 3.8) is 0 Å². The summed E-state index contributed by atoms with van der Waals surface area (Å²) in [5.74, 6) is 0.120. The van der Waals surface area contributed by atoms with Crippen molar-refractivity contribution in [3.8, 4) is 5.75 Å². The number of carbonyl (C=O) groups is 2. The van der Waals surface area contributed by atoms with Gasteiger partial charge in [0.25, 0.3) is 0 Å². The van der Waals surface area contributed by atoms with Gasteiger partial charge in [-0.15, -0.1) is 10.3 Å². The number of nitrogens with zero attached hydrogens (tertiary/aromatic N) is 1. The molecule has 3 rings (SSSR count). The zero-order valence-electron chi connectivity index (χ0n) is 21.1. The van der Waals surface area contributed by atoms with Crippen LogP contribution in [-0.4, -0.2) is 45.1 Å². The number of amides is 2. The Balaban J connectivity index is 1.67. The molecule has 2 fully saturated rings. The number of rotatable bonds is 7. The minimum atomic E-state index is -0.532. The lowest BCUT2D eigenvalue weighted by Crippen LogP contribution is -2.62. The van der Waals surface area contributed by atoms with Crippen LogP contribution in [0.25, 0.3) is 0 Å². The first-order chi connectivity index (χ1) is 15.2. The normalized spacial score (nSPS) is 28.5. The number of piperidine rings is 1. The first-order valence-corrected chi connectivity index (χ1v) is 12.0. The predicted molar refractivity (Wildman–Crippen MR) is 127 cm³/mol. The van der Waals surface area contributed by atoms with E-state index >= 15 is 0 Å². The molecule has 1 heterocycles. The zero-order valence-corrected chi connectivity index (χ0v) is 21.1. The fraction of sp³-hybridized carbons (Fsp3) is 0.692. The summed E-state index contributed by atoms with van der Waals surface area (Å²) in [6.45, 7) is 13.4. The van der Waals surface area contributed by atoms with Gasteiger partial charge in [0, 0.05) is 36.0 Å². The van der Waals surface area contributed by atoms with Gasteiger partial charge in [-0.05, 0) is 82.4 Å². The highest BCUT2D eigenvalue weighted by atomic mass is 16.5. The Hall–Kier alpha value is -2.12. The number of hydroxylamine groups is 2. The number of phenols is 1. The van der Waals surface area contributed by atoms with Crippen molar-refractivity contribution in [1.82, 2.24) is 15.7 Å². The maximum absolute atomic E-state index is 13.3. The quantitative estimate of drug-likeness (QED) is 0.581. The van der Waals surface area contributed by atoms with Crippen LogP contribution in [0.3, 0.4) is 0 Å². The monoisotopic (exact) mass is 458 g/mol. The van der Waals surface area contributed by atoms with Gasteiger partial charge in [-0.25, -0.2) is 0 Å². The van der Waals surface area contributed by atoms with E-state index in [4.69, 9.17) is 0 Å². The number of hydrogen-bond acceptors (Lipinski definition) is 4. The molecule has 2 amide bonds. The number of benzene rings is 1. The first-order valence-electron chi connectivity index (χ1n) is 12.0. The van der Waals surface area contributed by atoms with Crippen LogP contribution in [0.5, 0.6) is 5.75 Å². The number of carbonyl (C=O) groups excluding carboxylic acids is 2. The maximum atomic E-state index is 13.3. The second kappa shape index (κ2) is 8.91. The standard InChI is InChI=1S/C26H40N3O4/c1-16(23(32)28-19-13-24(3,4)29(33)25(5,6)14-19)26(7)15-21(26)22(27-17(2)30)12-18-8-10-20(31)11-9-18/h8-11,16,19,21-22,31H,12-15H2,1-7H3,(H,27,30)(H,28,32)/t16-,21-,22+,26+/m1/s1. The number of phenolic OH excluding ortho intramolecular Hbond substituents is 1. The van der Waals surface area contributed by atoms with Gasteiger partial charge < -0.3 is 15.7 Å². The molecule has 1 saturated carbocycles. The fourth-order valence-electron chi connectivity index (χ4n) is 5.95. The van der Waals surface area contributed by atoms with Crippen LogP contribution in [0.15, 0.2) is 24.3 Å². The molecule has 7 heteroatoms. The lowest BCUT2D eigenvalue weighted by Gasteiger charge is -2.50. The highest BCUT2D eigenvalue weighted by Crippen LogP contribution is 2.59. The van der Waals surface area contributed by atoms with Crippen molar-refractivity contribution in [2.45, 2.75) is 97.3 Å². The average molecular weight is 459 g/mol. The number of nitrogens with one attached hydrogen (secondary N) is 2. The molecule has 7 nitrogen and oxygen atoms in total. The number of aromatic hydroxyl groups is 1. The summed E-state index contributed by atoms with van der Waals surface area (Å²) in [6, 6.07) is 6.92. The molecule has 1 aliphatic heterocycles. The Labute approximate surface area is 197 Å². The summed E-state index contributed by atoms with van der Waals surface area (Å²) >= 11 is 0. The van der Waals surface area contributed by atoms with E-state index in [9.17, 15) is 19.9 Å². The molecule has 0 bridgehead atoms. The van der Waals surface area contributed by atoms with Gasteiger partial charge in [0.05, 0.1) is 0 Å². The summed E-state index contributed by atoms with van der Waals surface area (Å²) in [5, 5.41) is 29.7. The lowest BCUT2D eigenvalue weighted by atomic mass is 9.78. The Morgan fingerprint density at radius 1 is 1.06 bits per heavy atom. The van der Waals surface area contributed by atoms with Gasteiger partial charge >= 0.3 is 0 Å². The third kappa shape index (κ3) is 5.52. The van der Waals surface area contributed by atoms with Gasteiger partial charge in [0.15, 0.2) is 0 Å². The molecular formula is C26H40N3O4. The maximum Gasteiger partial charge on any atom is 0.223 e. The second-order valence-electron chi connectivity index (χ2n) is 11.7. The van der Waals surface area contributed by atoms with Gasteiger partial charge in [-0.1, -0.05) is 26.0 Å². The van der Waals surface area contributed by atoms with E-state index in [2.05, 4.69) is 17.6 Å². The minimum Gasteiger partial charge on any atom is -0.508 e. The third-order valence-corrected chi connectivity index (χ3v) is 7.93. The molecule has 1 aliphatic carbocycles. The van der Waals surface area contributed by atoms with Crippen molar-refractivity contribution >= 4 is 11.8 Å². The lowest BCUT2D eigenvalue weighted by molar-refractivity contribution is -0.290. The average Bonchev–Trinajstić information content (AvgIpc) is 3.38. The van der Waals surface area contributed by atoms with E-state index in [0.717, 1.165) is 12.0 Å². The van der Waals surface area contributed by atoms with Crippen LogP contribution >= 0.6 is 0 Å². The zero-order chi connectivity index (χ0) is 24.8. The molecule has 0 spiro atoms. The van der Waals surface area contributed by atoms with Crippen molar-refractivity contribution in [2.75, 3.05) is 0 Å². The van der Waals surface area contributed by atoms with E-state index in [0.29, 0.717) is 19.3 Å². The molecule has 33 heavy (non-hydrogen) atoms. The third-order valence-electron chi connectivity index (χ3n) is 7.93. The molecule has 1 aromatic carbocycles. The van der Waals surface area contributed by atoms with Gasteiger partial charge in [0.1, 0.15) is 5.75 Å². The van der Waals surface area contributed by atoms with Crippen LogP contribution in [0, 0.1) is 17.3 Å². The van der Waals surface area contributed by atoms with E-state index in [1.54, 1.807) is 12.1 Å². The van der Waals surface area contributed by atoms with Crippen molar-refractivity contribution in [2.24, 2.45) is 17.3 Å². The summed E-state index contributed by atoms with van der Waals surface area (Å²) < 4.78 is 0. The van der Waals surface area contributed by atoms with Gasteiger partial charge in [0.2, 0.25) is 11.8 Å². The van der Waals surface area contributed by atoms with Crippen LogP contribution < -0.4 is 10.6 Å². The highest BCUT2D eigenvalue weighted by molar-refractivity contribution is 5.80. The molecule has 1 aromatic rings. The molecule has 183 valence electrons. The van der Waals surface area contributed by atoms with Crippen LogP contribution in [0.2, 0.25) is 0 Å². The summed E-state index contributed by atoms with van der Waals surface area (Å²) in [7, 11) is 0. The topological polar surface area (TPSA) is 102 Å². The van der Waals surface area contributed by atoms with Crippen LogP contribution in [0.1, 0.15) is 73.3 Å². The van der Waals surface area contributed by atoms with Gasteiger partial charge in [-0.3, -0.25) is 9.59 Å². The Morgan fingerprint density at radius 3 is 2.12 bits per heavy atom. The van der Waals surface area contributed by atoms with Gasteiger partial charge in [-0.2, -0.15) is 0 Å². The van der Waals surface area contributed by atoms with Crippen LogP contribution in [0.4, 0.5) is 0 Å². The van der Waals surface area contributed by atoms with E-state index in [1.807, 2.05) is 46.8 Å². The molecule has 2 aliphatic rings. The first kappa shape index (κ1) is 25.5.